The van der Waals surface area contributed by atoms with E-state index < -0.39 is 0 Å². The van der Waals surface area contributed by atoms with E-state index in [0.29, 0.717) is 5.69 Å². The Morgan fingerprint density at radius 1 is 1.11 bits per heavy atom. The van der Waals surface area contributed by atoms with Crippen LogP contribution in [0.2, 0.25) is 5.02 Å². The summed E-state index contributed by atoms with van der Waals surface area (Å²) in [5.41, 5.74) is 2.51. The standard InChI is InChI=1S/C11H12ClN3.C10H7NO/c1-13-11-7-15(8-14-11)6-9-3-2-4-10(12)5-9;12-7-9-6-5-8-3-1-2-4-10(8)11-9/h2-5,7-8,13H,6H2,1H3;1-7H. The molecule has 2 aromatic carbocycles. The smallest absolute Gasteiger partial charge is 0.168 e. The SMILES string of the molecule is CNc1cn(Cc2cccc(Cl)c2)cn1.O=Cc1ccc2ccccc2n1. The molecular weight excluding hydrogens is 360 g/mol. The summed E-state index contributed by atoms with van der Waals surface area (Å²) >= 11 is 5.91. The lowest BCUT2D eigenvalue weighted by molar-refractivity contribution is 0.111. The second-order valence-electron chi connectivity index (χ2n) is 5.86. The number of nitrogens with one attached hydrogen (secondary N) is 1. The molecular formula is C21H19ClN4O. The van der Waals surface area contributed by atoms with Crippen molar-refractivity contribution in [2.45, 2.75) is 6.54 Å². The lowest BCUT2D eigenvalue weighted by atomic mass is 10.2. The molecule has 4 aromatic rings. The van der Waals surface area contributed by atoms with Crippen LogP contribution in [0.5, 0.6) is 0 Å². The summed E-state index contributed by atoms with van der Waals surface area (Å²) < 4.78 is 2.01. The zero-order chi connectivity index (χ0) is 19.1. The van der Waals surface area contributed by atoms with Crippen molar-refractivity contribution in [1.82, 2.24) is 14.5 Å². The van der Waals surface area contributed by atoms with E-state index in [4.69, 9.17) is 11.6 Å². The molecule has 0 atom stereocenters. The Bertz CT molecular complexity index is 1040. The van der Waals surface area contributed by atoms with Gasteiger partial charge in [-0.25, -0.2) is 9.97 Å². The monoisotopic (exact) mass is 378 g/mol. The second kappa shape index (κ2) is 8.96. The molecule has 0 unspecified atom stereocenters. The van der Waals surface area contributed by atoms with Gasteiger partial charge in [-0.1, -0.05) is 48.0 Å². The highest BCUT2D eigenvalue weighted by molar-refractivity contribution is 6.30. The first-order chi connectivity index (χ1) is 13.2. The first kappa shape index (κ1) is 18.6. The Labute approximate surface area is 162 Å². The summed E-state index contributed by atoms with van der Waals surface area (Å²) in [6, 6.07) is 19.2. The number of pyridine rings is 1. The van der Waals surface area contributed by atoms with Crippen LogP contribution < -0.4 is 5.32 Å². The Morgan fingerprint density at radius 3 is 2.70 bits per heavy atom. The molecule has 27 heavy (non-hydrogen) atoms. The molecule has 0 aliphatic carbocycles. The van der Waals surface area contributed by atoms with Gasteiger partial charge in [0, 0.05) is 30.2 Å². The van der Waals surface area contributed by atoms with Crippen molar-refractivity contribution in [2.24, 2.45) is 0 Å². The summed E-state index contributed by atoms with van der Waals surface area (Å²) in [7, 11) is 1.85. The quantitative estimate of drug-likeness (QED) is 0.524. The van der Waals surface area contributed by atoms with Gasteiger partial charge in [0.15, 0.2) is 6.29 Å². The number of benzene rings is 2. The number of aldehydes is 1. The van der Waals surface area contributed by atoms with E-state index in [1.807, 2.05) is 72.4 Å². The van der Waals surface area contributed by atoms with E-state index in [0.717, 1.165) is 34.6 Å². The number of hydrogen-bond acceptors (Lipinski definition) is 4. The van der Waals surface area contributed by atoms with E-state index in [1.54, 1.807) is 12.4 Å². The minimum absolute atomic E-state index is 0.480. The number of fused-ring (bicyclic) bond motifs is 1. The number of carbonyl (C=O) groups is 1. The molecule has 6 heteroatoms. The average Bonchev–Trinajstić information content (AvgIpc) is 3.15. The van der Waals surface area contributed by atoms with Crippen LogP contribution in [0.1, 0.15) is 16.1 Å². The number of hydrogen-bond donors (Lipinski definition) is 1. The Hall–Kier alpha value is -3.18. The predicted octanol–water partition coefficient (Wildman–Crippen LogP) is 4.67. The molecule has 5 nitrogen and oxygen atoms in total. The van der Waals surface area contributed by atoms with Crippen molar-refractivity contribution in [1.29, 1.82) is 0 Å². The molecule has 2 heterocycles. The third-order valence-electron chi connectivity index (χ3n) is 3.88. The first-order valence-corrected chi connectivity index (χ1v) is 8.80. The van der Waals surface area contributed by atoms with Gasteiger partial charge in [-0.3, -0.25) is 4.79 Å². The first-order valence-electron chi connectivity index (χ1n) is 8.43. The van der Waals surface area contributed by atoms with Gasteiger partial charge in [-0.15, -0.1) is 0 Å². The predicted molar refractivity (Wildman–Crippen MR) is 109 cm³/mol. The highest BCUT2D eigenvalue weighted by atomic mass is 35.5. The lowest BCUT2D eigenvalue weighted by Gasteiger charge is -2.02. The van der Waals surface area contributed by atoms with Gasteiger partial charge < -0.3 is 9.88 Å². The number of imidazole rings is 1. The normalized spacial score (nSPS) is 10.1. The average molecular weight is 379 g/mol. The molecule has 2 aromatic heterocycles. The Morgan fingerprint density at radius 2 is 1.96 bits per heavy atom. The van der Waals surface area contributed by atoms with E-state index in [9.17, 15) is 4.79 Å². The van der Waals surface area contributed by atoms with Crippen LogP contribution in [0.25, 0.3) is 10.9 Å². The van der Waals surface area contributed by atoms with Crippen molar-refractivity contribution in [3.8, 4) is 0 Å². The summed E-state index contributed by atoms with van der Waals surface area (Å²) in [5.74, 6) is 0.872. The maximum Gasteiger partial charge on any atom is 0.168 e. The maximum absolute atomic E-state index is 10.4. The Kier molecular flexibility index (Phi) is 6.18. The van der Waals surface area contributed by atoms with Crippen molar-refractivity contribution in [2.75, 3.05) is 12.4 Å². The Balaban J connectivity index is 0.000000159. The van der Waals surface area contributed by atoms with Crippen LogP contribution in [0.4, 0.5) is 5.82 Å². The fraction of sp³-hybridized carbons (Fsp3) is 0.0952. The van der Waals surface area contributed by atoms with Gasteiger partial charge in [0.2, 0.25) is 0 Å². The van der Waals surface area contributed by atoms with Crippen LogP contribution >= 0.6 is 11.6 Å². The number of nitrogens with zero attached hydrogens (tertiary/aromatic N) is 3. The molecule has 0 aliphatic rings. The molecule has 0 amide bonds. The summed E-state index contributed by atoms with van der Waals surface area (Å²) in [6.07, 6.45) is 4.51. The molecule has 136 valence electrons. The summed E-state index contributed by atoms with van der Waals surface area (Å²) in [6.45, 7) is 0.787. The minimum atomic E-state index is 0.480. The van der Waals surface area contributed by atoms with E-state index >= 15 is 0 Å². The van der Waals surface area contributed by atoms with Crippen LogP contribution in [0.15, 0.2) is 73.2 Å². The molecule has 0 spiro atoms. The fourth-order valence-corrected chi connectivity index (χ4v) is 2.78. The van der Waals surface area contributed by atoms with Crippen molar-refractivity contribution < 1.29 is 4.79 Å². The molecule has 1 N–H and O–H groups in total. The van der Waals surface area contributed by atoms with E-state index in [2.05, 4.69) is 15.3 Å². The fourth-order valence-electron chi connectivity index (χ4n) is 2.57. The number of anilines is 1. The number of carbonyl (C=O) groups excluding carboxylic acids is 1. The number of halogens is 1. The van der Waals surface area contributed by atoms with Crippen molar-refractivity contribution in [3.63, 3.8) is 0 Å². The minimum Gasteiger partial charge on any atom is -0.372 e. The van der Waals surface area contributed by atoms with Crippen molar-refractivity contribution >= 4 is 34.6 Å². The molecule has 4 rings (SSSR count). The van der Waals surface area contributed by atoms with Crippen LogP contribution in [0.3, 0.4) is 0 Å². The van der Waals surface area contributed by atoms with Crippen LogP contribution in [-0.2, 0) is 6.54 Å². The second-order valence-corrected chi connectivity index (χ2v) is 6.29. The topological polar surface area (TPSA) is 59.8 Å². The number of aromatic nitrogens is 3. The maximum atomic E-state index is 10.4. The van der Waals surface area contributed by atoms with Crippen LogP contribution in [-0.4, -0.2) is 27.9 Å². The zero-order valence-corrected chi connectivity index (χ0v) is 15.6. The van der Waals surface area contributed by atoms with Crippen molar-refractivity contribution in [3.05, 3.63) is 89.5 Å². The molecule has 0 radical (unpaired) electrons. The lowest BCUT2D eigenvalue weighted by Crippen LogP contribution is -1.96. The van der Waals surface area contributed by atoms with Gasteiger partial charge in [-0.2, -0.15) is 0 Å². The van der Waals surface area contributed by atoms with Crippen LogP contribution in [0, 0.1) is 0 Å². The van der Waals surface area contributed by atoms with E-state index in [1.165, 1.54) is 5.56 Å². The van der Waals surface area contributed by atoms with Gasteiger partial charge in [-0.05, 0) is 29.8 Å². The molecule has 0 saturated heterocycles. The van der Waals surface area contributed by atoms with E-state index in [-0.39, 0.29) is 0 Å². The van der Waals surface area contributed by atoms with Gasteiger partial charge in [0.25, 0.3) is 0 Å². The molecule has 0 saturated carbocycles. The largest absolute Gasteiger partial charge is 0.372 e. The third-order valence-corrected chi connectivity index (χ3v) is 4.12. The molecule has 0 fully saturated rings. The third kappa shape index (κ3) is 5.15. The number of rotatable bonds is 4. The van der Waals surface area contributed by atoms with Gasteiger partial charge >= 0.3 is 0 Å². The highest BCUT2D eigenvalue weighted by Gasteiger charge is 1.98. The van der Waals surface area contributed by atoms with Gasteiger partial charge in [0.05, 0.1) is 11.8 Å². The van der Waals surface area contributed by atoms with Gasteiger partial charge in [0.1, 0.15) is 11.5 Å². The zero-order valence-electron chi connectivity index (χ0n) is 14.8. The highest BCUT2D eigenvalue weighted by Crippen LogP contribution is 2.13. The molecule has 0 aliphatic heterocycles. The summed E-state index contributed by atoms with van der Waals surface area (Å²) in [5, 5.41) is 4.81. The molecule has 0 bridgehead atoms. The summed E-state index contributed by atoms with van der Waals surface area (Å²) in [4.78, 5) is 18.7. The number of para-hydroxylation sites is 1.